The first-order chi connectivity index (χ1) is 11.3. The predicted octanol–water partition coefficient (Wildman–Crippen LogP) is 3.50. The maximum absolute atomic E-state index is 10.7. The van der Waals surface area contributed by atoms with Crippen molar-refractivity contribution in [1.82, 2.24) is 0 Å². The second kappa shape index (κ2) is 10.0. The van der Waals surface area contributed by atoms with E-state index < -0.39 is 23.5 Å². The van der Waals surface area contributed by atoms with E-state index in [0.29, 0.717) is 5.02 Å². The molecule has 2 unspecified atom stereocenters. The van der Waals surface area contributed by atoms with Crippen molar-refractivity contribution in [1.29, 1.82) is 0 Å². The van der Waals surface area contributed by atoms with Crippen molar-refractivity contribution in [2.75, 3.05) is 6.54 Å². The number of aliphatic hydroxyl groups excluding tert-OH is 2. The molecule has 2 aromatic carbocycles. The number of nitrogens with zero attached hydrogens (tertiary/aromatic N) is 1. The number of aliphatic hydroxyl groups is 2. The smallest absolute Gasteiger partial charge is 0.230 e. The minimum atomic E-state index is -1.11. The summed E-state index contributed by atoms with van der Waals surface area (Å²) in [6, 6.07) is 16.3. The van der Waals surface area contributed by atoms with Gasteiger partial charge in [0.05, 0.1) is 0 Å². The normalized spacial score (nSPS) is 12.9. The largest absolute Gasteiger partial charge is 0.394 e. The predicted molar refractivity (Wildman–Crippen MR) is 95.0 cm³/mol. The summed E-state index contributed by atoms with van der Waals surface area (Å²) in [4.78, 5) is 10.2. The molecule has 0 saturated heterocycles. The lowest BCUT2D eigenvalue weighted by molar-refractivity contribution is -0.490. The quantitative estimate of drug-likeness (QED) is 0.638. The zero-order chi connectivity index (χ0) is 18.1. The molecule has 2 rings (SSSR count). The summed E-state index contributed by atoms with van der Waals surface area (Å²) in [5.74, 6) is -0.472. The fourth-order valence-corrected chi connectivity index (χ4v) is 2.45. The number of nitro groups is 1. The molecule has 0 bridgehead atoms. The number of benzene rings is 2. The van der Waals surface area contributed by atoms with Gasteiger partial charge in [0, 0.05) is 22.0 Å². The molecule has 5 nitrogen and oxygen atoms in total. The van der Waals surface area contributed by atoms with E-state index in [-0.39, 0.29) is 6.10 Å². The number of hydrogen-bond donors (Lipinski definition) is 2. The van der Waals surface area contributed by atoms with Crippen LogP contribution in [0.15, 0.2) is 54.6 Å². The SMILES string of the molecule is CC(C)O.O=[N+]([O-])CC(O)C(c1ccccc1)c1cccc(Cl)c1. The number of hydrogen-bond acceptors (Lipinski definition) is 4. The van der Waals surface area contributed by atoms with E-state index in [2.05, 4.69) is 0 Å². The zero-order valence-electron chi connectivity index (χ0n) is 13.7. The molecule has 0 aromatic heterocycles. The summed E-state index contributed by atoms with van der Waals surface area (Å²) in [7, 11) is 0. The Morgan fingerprint density at radius 1 is 1.04 bits per heavy atom. The maximum Gasteiger partial charge on any atom is 0.230 e. The standard InChI is InChI=1S/C15H14ClNO3.C3H8O/c16-13-8-4-7-12(9-13)15(14(18)10-17(19)20)11-5-2-1-3-6-11;1-3(2)4/h1-9,14-15,18H,10H2;3-4H,1-2H3. The third kappa shape index (κ3) is 7.08. The summed E-state index contributed by atoms with van der Waals surface area (Å²) in [5, 5.41) is 29.4. The topological polar surface area (TPSA) is 83.6 Å². The van der Waals surface area contributed by atoms with Crippen LogP contribution >= 0.6 is 11.6 Å². The lowest BCUT2D eigenvalue weighted by Crippen LogP contribution is -2.27. The average Bonchev–Trinajstić information content (AvgIpc) is 2.47. The Morgan fingerprint density at radius 3 is 2.08 bits per heavy atom. The van der Waals surface area contributed by atoms with Gasteiger partial charge >= 0.3 is 0 Å². The molecule has 0 aliphatic rings. The van der Waals surface area contributed by atoms with Crippen LogP contribution in [0.25, 0.3) is 0 Å². The fraction of sp³-hybridized carbons (Fsp3) is 0.333. The molecule has 0 aliphatic carbocycles. The van der Waals surface area contributed by atoms with Crippen molar-refractivity contribution >= 4 is 11.6 Å². The molecule has 6 heteroatoms. The molecular weight excluding hydrogens is 330 g/mol. The lowest BCUT2D eigenvalue weighted by atomic mass is 9.86. The number of rotatable bonds is 5. The molecule has 0 saturated carbocycles. The maximum atomic E-state index is 10.7. The van der Waals surface area contributed by atoms with E-state index in [9.17, 15) is 15.2 Å². The molecular formula is C18H22ClNO4. The Morgan fingerprint density at radius 2 is 1.58 bits per heavy atom. The minimum absolute atomic E-state index is 0.167. The molecule has 2 atom stereocenters. The van der Waals surface area contributed by atoms with E-state index in [0.717, 1.165) is 11.1 Å². The van der Waals surface area contributed by atoms with E-state index in [1.54, 1.807) is 32.0 Å². The van der Waals surface area contributed by atoms with Crippen LogP contribution in [0.5, 0.6) is 0 Å². The van der Waals surface area contributed by atoms with Gasteiger partial charge in [-0.05, 0) is 37.1 Å². The van der Waals surface area contributed by atoms with E-state index in [1.165, 1.54) is 0 Å². The van der Waals surface area contributed by atoms with E-state index in [1.807, 2.05) is 36.4 Å². The van der Waals surface area contributed by atoms with Crippen molar-refractivity contribution in [2.24, 2.45) is 0 Å². The van der Waals surface area contributed by atoms with Gasteiger partial charge in [0.1, 0.15) is 6.10 Å². The monoisotopic (exact) mass is 351 g/mol. The summed E-state index contributed by atoms with van der Waals surface area (Å²) in [5.41, 5.74) is 1.59. The van der Waals surface area contributed by atoms with Gasteiger partial charge in [-0.15, -0.1) is 0 Å². The summed E-state index contributed by atoms with van der Waals surface area (Å²) in [6.45, 7) is 2.94. The third-order valence-corrected chi connectivity index (χ3v) is 3.32. The van der Waals surface area contributed by atoms with Crippen LogP contribution in [0.4, 0.5) is 0 Å². The van der Waals surface area contributed by atoms with Gasteiger partial charge < -0.3 is 10.2 Å². The van der Waals surface area contributed by atoms with Crippen LogP contribution in [-0.2, 0) is 0 Å². The first kappa shape index (κ1) is 20.1. The average molecular weight is 352 g/mol. The summed E-state index contributed by atoms with van der Waals surface area (Å²) < 4.78 is 0. The Bertz CT molecular complexity index is 631. The lowest BCUT2D eigenvalue weighted by Gasteiger charge is -2.21. The highest BCUT2D eigenvalue weighted by Gasteiger charge is 2.27. The summed E-state index contributed by atoms with van der Waals surface area (Å²) in [6.07, 6.45) is -1.27. The van der Waals surface area contributed by atoms with Crippen LogP contribution < -0.4 is 0 Å². The van der Waals surface area contributed by atoms with Crippen LogP contribution in [-0.4, -0.2) is 33.9 Å². The first-order valence-corrected chi connectivity index (χ1v) is 7.97. The Hall–Kier alpha value is -1.95. The van der Waals surface area contributed by atoms with Gasteiger partial charge in [-0.25, -0.2) is 0 Å². The van der Waals surface area contributed by atoms with E-state index >= 15 is 0 Å². The van der Waals surface area contributed by atoms with Crippen LogP contribution in [0.3, 0.4) is 0 Å². The minimum Gasteiger partial charge on any atom is -0.394 e. The molecule has 24 heavy (non-hydrogen) atoms. The van der Waals surface area contributed by atoms with Crippen LogP contribution in [0, 0.1) is 10.1 Å². The van der Waals surface area contributed by atoms with Crippen molar-refractivity contribution in [3.05, 3.63) is 80.9 Å². The molecule has 2 aromatic rings. The van der Waals surface area contributed by atoms with E-state index in [4.69, 9.17) is 16.7 Å². The highest BCUT2D eigenvalue weighted by Crippen LogP contribution is 2.29. The molecule has 2 N–H and O–H groups in total. The van der Waals surface area contributed by atoms with Crippen LogP contribution in [0.2, 0.25) is 5.02 Å². The first-order valence-electron chi connectivity index (χ1n) is 7.59. The van der Waals surface area contributed by atoms with Crippen LogP contribution in [0.1, 0.15) is 30.9 Å². The van der Waals surface area contributed by atoms with Gasteiger partial charge in [-0.1, -0.05) is 54.1 Å². The highest BCUT2D eigenvalue weighted by molar-refractivity contribution is 6.30. The Balaban J connectivity index is 0.000000648. The Labute approximate surface area is 146 Å². The van der Waals surface area contributed by atoms with Gasteiger partial charge in [-0.2, -0.15) is 0 Å². The molecule has 0 heterocycles. The highest BCUT2D eigenvalue weighted by atomic mass is 35.5. The number of halogens is 1. The molecule has 130 valence electrons. The zero-order valence-corrected chi connectivity index (χ0v) is 14.4. The molecule has 0 spiro atoms. The van der Waals surface area contributed by atoms with Gasteiger partial charge in [0.15, 0.2) is 0 Å². The van der Waals surface area contributed by atoms with Crippen molar-refractivity contribution < 1.29 is 15.1 Å². The molecule has 0 radical (unpaired) electrons. The molecule has 0 aliphatic heterocycles. The molecule has 0 fully saturated rings. The third-order valence-electron chi connectivity index (χ3n) is 3.09. The summed E-state index contributed by atoms with van der Waals surface area (Å²) >= 11 is 5.97. The second-order valence-electron chi connectivity index (χ2n) is 5.62. The fourth-order valence-electron chi connectivity index (χ4n) is 2.26. The van der Waals surface area contributed by atoms with Crippen molar-refractivity contribution in [3.63, 3.8) is 0 Å². The van der Waals surface area contributed by atoms with Gasteiger partial charge in [0.2, 0.25) is 6.54 Å². The van der Waals surface area contributed by atoms with Crippen molar-refractivity contribution in [2.45, 2.75) is 32.0 Å². The van der Waals surface area contributed by atoms with Gasteiger partial charge in [-0.3, -0.25) is 10.1 Å². The molecule has 0 amide bonds. The van der Waals surface area contributed by atoms with Crippen molar-refractivity contribution in [3.8, 4) is 0 Å². The Kier molecular flexibility index (Phi) is 8.40. The van der Waals surface area contributed by atoms with Gasteiger partial charge in [0.25, 0.3) is 0 Å². The second-order valence-corrected chi connectivity index (χ2v) is 6.06.